The number of hydrogen-bond acceptors (Lipinski definition) is 15. The highest BCUT2D eigenvalue weighted by Crippen LogP contribution is 2.30. The van der Waals surface area contributed by atoms with E-state index in [9.17, 15) is 14.4 Å². The molecule has 0 atom stereocenters. The molecular formula is C51H27Cl6N15O3. The van der Waals surface area contributed by atoms with Crippen molar-refractivity contribution in [3.05, 3.63) is 209 Å². The van der Waals surface area contributed by atoms with Crippen LogP contribution in [0.5, 0.6) is 0 Å². The maximum atomic E-state index is 13.2. The third-order valence-electron chi connectivity index (χ3n) is 11.0. The third kappa shape index (κ3) is 10.8. The molecule has 10 aromatic rings. The molecular weight excluding hydrogens is 1080 g/mol. The van der Waals surface area contributed by atoms with E-state index in [1.807, 2.05) is 0 Å². The van der Waals surface area contributed by atoms with Gasteiger partial charge in [-0.25, -0.2) is 15.0 Å². The number of nitrogens with zero attached hydrogens (tertiary/aromatic N) is 15. The Morgan fingerprint density at radius 2 is 0.587 bits per heavy atom. The summed E-state index contributed by atoms with van der Waals surface area (Å²) in [6.45, 7) is 0. The number of carbonyl (C=O) groups is 3. The molecule has 0 spiro atoms. The summed E-state index contributed by atoms with van der Waals surface area (Å²) in [6, 6.07) is 34.6. The van der Waals surface area contributed by atoms with Crippen molar-refractivity contribution < 1.29 is 14.4 Å². The molecule has 4 aromatic heterocycles. The van der Waals surface area contributed by atoms with Crippen molar-refractivity contribution in [3.8, 4) is 52.0 Å². The van der Waals surface area contributed by atoms with Crippen LogP contribution in [0, 0.1) is 0 Å². The van der Waals surface area contributed by atoms with Gasteiger partial charge in [0.05, 0.1) is 17.1 Å². The maximum absolute atomic E-state index is 13.2. The van der Waals surface area contributed by atoms with E-state index in [0.29, 0.717) is 80.6 Å². The number of rotatable bonds is 15. The summed E-state index contributed by atoms with van der Waals surface area (Å²) in [5.74, 6) is -1.04. The van der Waals surface area contributed by atoms with Crippen molar-refractivity contribution in [2.45, 2.75) is 0 Å². The van der Waals surface area contributed by atoms with E-state index in [-0.39, 0.29) is 52.3 Å². The van der Waals surface area contributed by atoms with Gasteiger partial charge in [-0.3, -0.25) is 14.4 Å². The van der Waals surface area contributed by atoms with Gasteiger partial charge in [0.1, 0.15) is 0 Å². The van der Waals surface area contributed by atoms with Crippen LogP contribution >= 0.6 is 69.6 Å². The summed E-state index contributed by atoms with van der Waals surface area (Å²) < 4.78 is 4.07. The lowest BCUT2D eigenvalue weighted by atomic mass is 10.1. The molecule has 24 heteroatoms. The summed E-state index contributed by atoms with van der Waals surface area (Å²) in [5, 5.41) is 39.6. The lowest BCUT2D eigenvalue weighted by molar-refractivity contribution is 0.103. The van der Waals surface area contributed by atoms with Crippen LogP contribution < -0.4 is 0 Å². The van der Waals surface area contributed by atoms with E-state index in [1.165, 1.54) is 32.3 Å². The lowest BCUT2D eigenvalue weighted by Crippen LogP contribution is -2.10. The van der Waals surface area contributed by atoms with Crippen molar-refractivity contribution >= 4 is 105 Å². The van der Waals surface area contributed by atoms with Crippen molar-refractivity contribution in [2.75, 3.05) is 0 Å². The average molecular weight is 1110 g/mol. The zero-order chi connectivity index (χ0) is 52.2. The highest BCUT2D eigenvalue weighted by atomic mass is 35.5. The first-order valence-electron chi connectivity index (χ1n) is 21.8. The first-order valence-corrected chi connectivity index (χ1v) is 24.1. The van der Waals surface area contributed by atoms with Crippen LogP contribution in [-0.2, 0) is 0 Å². The molecule has 75 heavy (non-hydrogen) atoms. The standard InChI is InChI=1S/C51H27Cl6N15O3/c52-37-4-1-5-38(53)34(37)22-25-43(73)28-10-16-31(17-11-28)70-49(61-64-67-70)46-58-47(50-62-65-68-71(50)32-18-12-29(13-19-32)44(74)26-23-35-39(54)6-2-7-40(35)55)60-48(59-46)51-63-66-69-72(51)33-20-14-30(15-21-33)45(75)27-24-36-41(56)8-3-9-42(36)57/h1-27H/b25-22+,26-23+,27-24+. The van der Waals surface area contributed by atoms with Crippen LogP contribution in [0.1, 0.15) is 47.8 Å². The van der Waals surface area contributed by atoms with Crippen LogP contribution in [0.3, 0.4) is 0 Å². The topological polar surface area (TPSA) is 221 Å². The molecule has 0 radical (unpaired) electrons. The van der Waals surface area contributed by atoms with Gasteiger partial charge in [-0.1, -0.05) is 87.8 Å². The summed E-state index contributed by atoms with van der Waals surface area (Å²) in [7, 11) is 0. The fraction of sp³-hybridized carbons (Fsp3) is 0. The first-order chi connectivity index (χ1) is 36.4. The van der Waals surface area contributed by atoms with Gasteiger partial charge in [0.25, 0.3) is 0 Å². The van der Waals surface area contributed by atoms with Crippen LogP contribution in [0.15, 0.2) is 146 Å². The molecule has 18 nitrogen and oxygen atoms in total. The molecule has 0 aliphatic carbocycles. The highest BCUT2D eigenvalue weighted by molar-refractivity contribution is 6.38. The lowest BCUT2D eigenvalue weighted by Gasteiger charge is -2.09. The molecule has 0 fully saturated rings. The molecule has 0 N–H and O–H groups in total. The number of benzene rings is 6. The van der Waals surface area contributed by atoms with Crippen LogP contribution in [0.25, 0.3) is 70.2 Å². The number of tetrazole rings is 3. The van der Waals surface area contributed by atoms with Crippen LogP contribution in [0.4, 0.5) is 0 Å². The second-order valence-corrected chi connectivity index (χ2v) is 18.1. The molecule has 6 aromatic carbocycles. The van der Waals surface area contributed by atoms with E-state index in [1.54, 1.807) is 146 Å². The molecule has 0 saturated carbocycles. The van der Waals surface area contributed by atoms with E-state index < -0.39 is 0 Å². The van der Waals surface area contributed by atoms with Crippen LogP contribution in [-0.4, -0.2) is 92.9 Å². The van der Waals surface area contributed by atoms with E-state index in [4.69, 9.17) is 84.6 Å². The number of aromatic nitrogens is 15. The van der Waals surface area contributed by atoms with Gasteiger partial charge >= 0.3 is 0 Å². The Hall–Kier alpha value is -8.49. The van der Waals surface area contributed by atoms with Gasteiger partial charge in [0.2, 0.25) is 34.9 Å². The smallest absolute Gasteiger partial charge is 0.224 e. The van der Waals surface area contributed by atoms with Crippen molar-refractivity contribution in [1.82, 2.24) is 75.6 Å². The number of halogens is 6. The Morgan fingerprint density at radius 1 is 0.347 bits per heavy atom. The predicted molar refractivity (Wildman–Crippen MR) is 284 cm³/mol. The van der Waals surface area contributed by atoms with Gasteiger partial charge in [0.15, 0.2) is 17.3 Å². The fourth-order valence-corrected chi connectivity index (χ4v) is 8.82. The summed E-state index contributed by atoms with van der Waals surface area (Å²) >= 11 is 37.8. The fourth-order valence-electron chi connectivity index (χ4n) is 7.25. The number of ketones is 3. The van der Waals surface area contributed by atoms with Crippen LogP contribution in [0.2, 0.25) is 30.1 Å². The Bertz CT molecular complexity index is 3460. The molecule has 0 aliphatic rings. The zero-order valence-corrected chi connectivity index (χ0v) is 42.3. The zero-order valence-electron chi connectivity index (χ0n) is 37.8. The van der Waals surface area contributed by atoms with E-state index in [0.717, 1.165) is 0 Å². The average Bonchev–Trinajstić information content (AvgIpc) is 4.23. The first kappa shape index (κ1) is 50.1. The maximum Gasteiger partial charge on any atom is 0.224 e. The minimum Gasteiger partial charge on any atom is -0.289 e. The Balaban J connectivity index is 0.994. The Morgan fingerprint density at radius 3 is 0.827 bits per heavy atom. The Kier molecular flexibility index (Phi) is 14.6. The Labute approximate surface area is 453 Å². The van der Waals surface area contributed by atoms with Gasteiger partial charge in [-0.15, -0.1) is 15.3 Å². The quantitative estimate of drug-likeness (QED) is 0.0688. The molecule has 4 heterocycles. The molecule has 0 bridgehead atoms. The largest absolute Gasteiger partial charge is 0.289 e. The van der Waals surface area contributed by atoms with E-state index in [2.05, 4.69) is 46.6 Å². The normalized spacial score (nSPS) is 11.6. The van der Waals surface area contributed by atoms with Gasteiger partial charge in [0, 0.05) is 63.5 Å². The van der Waals surface area contributed by atoms with Gasteiger partial charge in [-0.05, 0) is 177 Å². The summed E-state index contributed by atoms with van der Waals surface area (Å²) in [5.41, 5.74) is 3.87. The molecule has 0 unspecified atom stereocenters. The van der Waals surface area contributed by atoms with Crippen molar-refractivity contribution in [2.24, 2.45) is 0 Å². The molecule has 0 saturated heterocycles. The minimum absolute atomic E-state index is 0.0354. The molecule has 0 amide bonds. The summed E-state index contributed by atoms with van der Waals surface area (Å²) in [4.78, 5) is 54.0. The number of hydrogen-bond donors (Lipinski definition) is 0. The van der Waals surface area contributed by atoms with Crippen molar-refractivity contribution in [3.63, 3.8) is 0 Å². The second-order valence-electron chi connectivity index (χ2n) is 15.7. The second kappa shape index (κ2) is 21.9. The SMILES string of the molecule is O=C(/C=C/c1c(Cl)cccc1Cl)c1ccc(-n2nnnc2-c2nc(-c3nnnn3-c3ccc(C(=O)/C=C/c4c(Cl)cccc4Cl)cc3)nc(-c3nnnn3-c3ccc(C(=O)/C=C/c4c(Cl)cccc4Cl)cc3)n2)cc1. The minimum atomic E-state index is -0.314. The highest BCUT2D eigenvalue weighted by Gasteiger charge is 2.25. The number of allylic oxidation sites excluding steroid dienone is 3. The third-order valence-corrected chi connectivity index (χ3v) is 13.0. The predicted octanol–water partition coefficient (Wildman–Crippen LogP) is 11.4. The van der Waals surface area contributed by atoms with E-state index >= 15 is 0 Å². The summed E-state index contributed by atoms with van der Waals surface area (Å²) in [6.07, 6.45) is 8.77. The molecule has 10 rings (SSSR count). The number of carbonyl (C=O) groups excluding carboxylic acids is 3. The molecule has 0 aliphatic heterocycles. The van der Waals surface area contributed by atoms with Crippen molar-refractivity contribution in [1.29, 1.82) is 0 Å². The van der Waals surface area contributed by atoms with Gasteiger partial charge < -0.3 is 0 Å². The monoisotopic (exact) mass is 1110 g/mol. The molecule has 366 valence electrons. The van der Waals surface area contributed by atoms with Gasteiger partial charge in [-0.2, -0.15) is 14.0 Å².